The van der Waals surface area contributed by atoms with E-state index in [1.165, 1.54) is 19.8 Å². The molecule has 1 atom stereocenters. The highest BCUT2D eigenvalue weighted by Gasteiger charge is 2.34. The van der Waals surface area contributed by atoms with Crippen molar-refractivity contribution in [2.45, 2.75) is 52.1 Å². The van der Waals surface area contributed by atoms with Crippen molar-refractivity contribution in [3.63, 3.8) is 0 Å². The molecule has 0 aliphatic heterocycles. The Hall–Kier alpha value is -0.440. The Kier molecular flexibility index (Phi) is 8.41. The van der Waals surface area contributed by atoms with E-state index in [0.29, 0.717) is 6.42 Å². The van der Waals surface area contributed by atoms with Gasteiger partial charge in [-0.3, -0.25) is 9.36 Å². The number of carbonyl (C=O) groups excluding carboxylic acids is 1. The van der Waals surface area contributed by atoms with Gasteiger partial charge in [0.1, 0.15) is 11.4 Å². The fourth-order valence-electron chi connectivity index (χ4n) is 1.61. The predicted molar refractivity (Wildman–Crippen MR) is 74.0 cm³/mol. The summed E-state index contributed by atoms with van der Waals surface area (Å²) in [5, 5.41) is 0. The fourth-order valence-corrected chi connectivity index (χ4v) is 2.87. The van der Waals surface area contributed by atoms with Gasteiger partial charge < -0.3 is 9.05 Å². The van der Waals surface area contributed by atoms with Crippen molar-refractivity contribution >= 4 is 13.4 Å². The van der Waals surface area contributed by atoms with Gasteiger partial charge in [-0.2, -0.15) is 0 Å². The Labute approximate surface area is 110 Å². The third kappa shape index (κ3) is 5.94. The molecule has 0 aliphatic rings. The van der Waals surface area contributed by atoms with E-state index in [-0.39, 0.29) is 5.78 Å². The molecule has 0 N–H and O–H groups in total. The van der Waals surface area contributed by atoms with Gasteiger partial charge in [0, 0.05) is 20.6 Å². The Morgan fingerprint density at radius 2 is 1.78 bits per heavy atom. The molecule has 0 bridgehead atoms. The summed E-state index contributed by atoms with van der Waals surface area (Å²) in [7, 11) is -0.644. The first-order chi connectivity index (χ1) is 8.37. The zero-order valence-corrected chi connectivity index (χ0v) is 13.0. The van der Waals surface area contributed by atoms with Crippen LogP contribution in [-0.4, -0.2) is 25.7 Å². The van der Waals surface area contributed by atoms with E-state index >= 15 is 0 Å². The molecule has 0 aromatic carbocycles. The summed E-state index contributed by atoms with van der Waals surface area (Å²) in [6, 6.07) is 0. The van der Waals surface area contributed by atoms with Crippen molar-refractivity contribution in [3.8, 4) is 0 Å². The van der Waals surface area contributed by atoms with Crippen LogP contribution >= 0.6 is 7.60 Å². The SMILES string of the molecule is COP(=O)(OC)C(C)C(=O)CCCCC=C(C)C. The van der Waals surface area contributed by atoms with Gasteiger partial charge >= 0.3 is 7.60 Å². The van der Waals surface area contributed by atoms with E-state index in [0.717, 1.165) is 19.3 Å². The first kappa shape index (κ1) is 17.6. The number of allylic oxidation sites excluding steroid dienone is 2. The molecule has 0 aromatic rings. The zero-order valence-electron chi connectivity index (χ0n) is 12.1. The second kappa shape index (κ2) is 8.63. The van der Waals surface area contributed by atoms with Crippen molar-refractivity contribution in [2.24, 2.45) is 0 Å². The van der Waals surface area contributed by atoms with Crippen LogP contribution in [0.25, 0.3) is 0 Å². The number of hydrogen-bond donors (Lipinski definition) is 0. The van der Waals surface area contributed by atoms with Crippen LogP contribution in [0.3, 0.4) is 0 Å². The predicted octanol–water partition coefficient (Wildman–Crippen LogP) is 3.96. The van der Waals surface area contributed by atoms with Gasteiger partial charge in [0.05, 0.1) is 0 Å². The van der Waals surface area contributed by atoms with Crippen LogP contribution in [0.15, 0.2) is 11.6 Å². The molecule has 0 saturated heterocycles. The number of carbonyl (C=O) groups is 1. The first-order valence-electron chi connectivity index (χ1n) is 6.24. The molecule has 0 spiro atoms. The minimum atomic E-state index is -3.26. The Balaban J connectivity index is 4.10. The van der Waals surface area contributed by atoms with Gasteiger partial charge in [-0.15, -0.1) is 0 Å². The summed E-state index contributed by atoms with van der Waals surface area (Å²) < 4.78 is 21.7. The van der Waals surface area contributed by atoms with Crippen molar-refractivity contribution in [2.75, 3.05) is 14.2 Å². The zero-order chi connectivity index (χ0) is 14.2. The van der Waals surface area contributed by atoms with Gasteiger partial charge in [0.2, 0.25) is 0 Å². The van der Waals surface area contributed by atoms with Crippen LogP contribution in [0.4, 0.5) is 0 Å². The quantitative estimate of drug-likeness (QED) is 0.363. The maximum atomic E-state index is 12.0. The minimum Gasteiger partial charge on any atom is -0.311 e. The molecule has 5 heteroatoms. The molecule has 0 aromatic heterocycles. The Morgan fingerprint density at radius 3 is 2.22 bits per heavy atom. The number of ketones is 1. The van der Waals surface area contributed by atoms with Crippen LogP contribution < -0.4 is 0 Å². The van der Waals surface area contributed by atoms with Gasteiger partial charge in [-0.05, 0) is 40.0 Å². The lowest BCUT2D eigenvalue weighted by molar-refractivity contribution is -0.118. The van der Waals surface area contributed by atoms with Gasteiger partial charge in [-0.1, -0.05) is 11.6 Å². The monoisotopic (exact) mass is 276 g/mol. The molecule has 18 heavy (non-hydrogen) atoms. The van der Waals surface area contributed by atoms with E-state index in [9.17, 15) is 9.36 Å². The highest BCUT2D eigenvalue weighted by atomic mass is 31.2. The van der Waals surface area contributed by atoms with Crippen molar-refractivity contribution in [3.05, 3.63) is 11.6 Å². The normalized spacial score (nSPS) is 13.2. The molecule has 1 unspecified atom stereocenters. The summed E-state index contributed by atoms with van der Waals surface area (Å²) in [4.78, 5) is 11.9. The highest BCUT2D eigenvalue weighted by Crippen LogP contribution is 2.51. The van der Waals surface area contributed by atoms with Gasteiger partial charge in [0.15, 0.2) is 0 Å². The molecule has 4 nitrogen and oxygen atoms in total. The molecule has 0 heterocycles. The average Bonchev–Trinajstić information content (AvgIpc) is 2.35. The molecule has 0 amide bonds. The van der Waals surface area contributed by atoms with Crippen molar-refractivity contribution in [1.82, 2.24) is 0 Å². The third-order valence-corrected chi connectivity index (χ3v) is 5.13. The summed E-state index contributed by atoms with van der Waals surface area (Å²) in [5.41, 5.74) is 0.605. The van der Waals surface area contributed by atoms with Crippen LogP contribution in [-0.2, 0) is 18.4 Å². The average molecular weight is 276 g/mol. The number of Topliss-reactive ketones (excluding diaryl/α,β-unsaturated/α-hetero) is 1. The molecule has 0 fully saturated rings. The highest BCUT2D eigenvalue weighted by molar-refractivity contribution is 7.55. The second-order valence-corrected chi connectivity index (χ2v) is 7.16. The molecule has 0 radical (unpaired) electrons. The minimum absolute atomic E-state index is 0.0563. The van der Waals surface area contributed by atoms with Gasteiger partial charge in [0.25, 0.3) is 0 Å². The number of hydrogen-bond acceptors (Lipinski definition) is 4. The molecular formula is C13H25O4P. The van der Waals surface area contributed by atoms with E-state index in [2.05, 4.69) is 19.9 Å². The van der Waals surface area contributed by atoms with E-state index in [1.54, 1.807) is 6.92 Å². The summed E-state index contributed by atoms with van der Waals surface area (Å²) in [6.45, 7) is 5.72. The summed E-state index contributed by atoms with van der Waals surface area (Å²) in [6.07, 6.45) is 5.34. The lowest BCUT2D eigenvalue weighted by atomic mass is 10.1. The van der Waals surface area contributed by atoms with Crippen LogP contribution in [0.5, 0.6) is 0 Å². The fraction of sp³-hybridized carbons (Fsp3) is 0.769. The van der Waals surface area contributed by atoms with Gasteiger partial charge in [-0.25, -0.2) is 0 Å². The van der Waals surface area contributed by atoms with Crippen molar-refractivity contribution in [1.29, 1.82) is 0 Å². The smallest absolute Gasteiger partial charge is 0.311 e. The maximum Gasteiger partial charge on any atom is 0.340 e. The van der Waals surface area contributed by atoms with Crippen molar-refractivity contribution < 1.29 is 18.4 Å². The standard InChI is InChI=1S/C13H25O4P/c1-11(2)9-7-6-8-10-13(14)12(3)18(15,16-4)17-5/h9,12H,6-8,10H2,1-5H3. The second-order valence-electron chi connectivity index (χ2n) is 4.57. The summed E-state index contributed by atoms with van der Waals surface area (Å²) in [5.74, 6) is -0.0563. The van der Waals surface area contributed by atoms with Crippen LogP contribution in [0, 0.1) is 0 Å². The Morgan fingerprint density at radius 1 is 1.22 bits per heavy atom. The molecular weight excluding hydrogens is 251 g/mol. The summed E-state index contributed by atoms with van der Waals surface area (Å²) >= 11 is 0. The number of rotatable bonds is 9. The third-order valence-electron chi connectivity index (χ3n) is 2.88. The lowest BCUT2D eigenvalue weighted by Crippen LogP contribution is -2.18. The van der Waals surface area contributed by atoms with Crippen LogP contribution in [0.1, 0.15) is 46.5 Å². The largest absolute Gasteiger partial charge is 0.340 e. The molecule has 106 valence electrons. The van der Waals surface area contributed by atoms with E-state index in [4.69, 9.17) is 9.05 Å². The van der Waals surface area contributed by atoms with E-state index in [1.807, 2.05) is 0 Å². The Bertz CT molecular complexity index is 324. The topological polar surface area (TPSA) is 52.6 Å². The molecule has 0 rings (SSSR count). The lowest BCUT2D eigenvalue weighted by Gasteiger charge is -2.19. The molecule has 0 saturated carbocycles. The van der Waals surface area contributed by atoms with Crippen LogP contribution in [0.2, 0.25) is 0 Å². The van der Waals surface area contributed by atoms with E-state index < -0.39 is 13.3 Å². The number of unbranched alkanes of at least 4 members (excludes halogenated alkanes) is 2. The maximum absolute atomic E-state index is 12.0. The molecule has 0 aliphatic carbocycles. The first-order valence-corrected chi connectivity index (χ1v) is 7.85.